The molecule has 1 amide bonds. The molecule has 0 aliphatic carbocycles. The van der Waals surface area contributed by atoms with Crippen LogP contribution in [0.15, 0.2) is 85.2 Å². The molecule has 2 aromatic carbocycles. The third-order valence-corrected chi connectivity index (χ3v) is 5.56. The van der Waals surface area contributed by atoms with Gasteiger partial charge in [-0.3, -0.25) is 9.36 Å². The Bertz CT molecular complexity index is 1290. The molecule has 174 valence electrons. The fourth-order valence-corrected chi connectivity index (χ4v) is 3.68. The molecule has 0 aliphatic heterocycles. The zero-order valence-electron chi connectivity index (χ0n) is 18.1. The van der Waals surface area contributed by atoms with Crippen molar-refractivity contribution in [2.45, 2.75) is 12.7 Å². The highest BCUT2D eigenvalue weighted by Gasteiger charge is 2.32. The van der Waals surface area contributed by atoms with Gasteiger partial charge >= 0.3 is 6.18 Å². The van der Waals surface area contributed by atoms with Gasteiger partial charge in [-0.25, -0.2) is 4.98 Å². The van der Waals surface area contributed by atoms with Gasteiger partial charge in [-0.05, 0) is 48.0 Å². The van der Waals surface area contributed by atoms with Gasteiger partial charge in [0.05, 0.1) is 10.6 Å². The van der Waals surface area contributed by atoms with Crippen LogP contribution < -0.4 is 10.2 Å². The molecule has 34 heavy (non-hydrogen) atoms. The van der Waals surface area contributed by atoms with E-state index in [0.717, 1.165) is 23.0 Å². The molecule has 0 saturated carbocycles. The van der Waals surface area contributed by atoms with E-state index in [-0.39, 0.29) is 23.1 Å². The number of amides is 1. The Morgan fingerprint density at radius 2 is 1.71 bits per heavy atom. The molecule has 5 nitrogen and oxygen atoms in total. The Labute approximate surface area is 199 Å². The van der Waals surface area contributed by atoms with E-state index in [9.17, 15) is 18.0 Å². The Kier molecular flexibility index (Phi) is 6.61. The molecule has 4 rings (SSSR count). The summed E-state index contributed by atoms with van der Waals surface area (Å²) in [5.41, 5.74) is 2.19. The van der Waals surface area contributed by atoms with Crippen LogP contribution >= 0.6 is 11.6 Å². The topological polar surface area (TPSA) is 50.2 Å². The molecule has 2 aromatic heterocycles. The number of anilines is 2. The van der Waals surface area contributed by atoms with Crippen molar-refractivity contribution in [3.05, 3.63) is 107 Å². The third kappa shape index (κ3) is 5.07. The normalized spacial score (nSPS) is 11.3. The molecule has 0 spiro atoms. The minimum Gasteiger partial charge on any atom is -0.347 e. The van der Waals surface area contributed by atoms with Crippen LogP contribution in [0.4, 0.5) is 24.5 Å². The first kappa shape index (κ1) is 23.4. The van der Waals surface area contributed by atoms with E-state index in [0.29, 0.717) is 6.20 Å². The van der Waals surface area contributed by atoms with Crippen LogP contribution in [-0.2, 0) is 12.7 Å². The number of carbonyl (C=O) groups is 1. The van der Waals surface area contributed by atoms with Gasteiger partial charge in [0.25, 0.3) is 5.91 Å². The smallest absolute Gasteiger partial charge is 0.347 e. The number of alkyl halides is 3. The number of nitrogens with one attached hydrogen (secondary N) is 1. The van der Waals surface area contributed by atoms with Gasteiger partial charge in [-0.1, -0.05) is 41.9 Å². The van der Waals surface area contributed by atoms with Crippen molar-refractivity contribution in [1.82, 2.24) is 14.9 Å². The van der Waals surface area contributed by atoms with Crippen LogP contribution in [0.25, 0.3) is 5.82 Å². The van der Waals surface area contributed by atoms with E-state index in [1.807, 2.05) is 61.6 Å². The number of hydrogen-bond acceptors (Lipinski definition) is 3. The number of nitrogens with zero attached hydrogens (tertiary/aromatic N) is 3. The molecule has 0 saturated heterocycles. The molecule has 0 fully saturated rings. The first-order chi connectivity index (χ1) is 16.2. The monoisotopic (exact) mass is 484 g/mol. The number of rotatable bonds is 6. The van der Waals surface area contributed by atoms with Crippen LogP contribution in [0.3, 0.4) is 0 Å². The summed E-state index contributed by atoms with van der Waals surface area (Å²) in [4.78, 5) is 18.7. The Morgan fingerprint density at radius 1 is 1.03 bits per heavy atom. The maximum absolute atomic E-state index is 12.9. The maximum atomic E-state index is 12.9. The third-order valence-electron chi connectivity index (χ3n) is 5.28. The molecule has 2 heterocycles. The number of hydrogen-bond donors (Lipinski definition) is 1. The number of pyridine rings is 1. The maximum Gasteiger partial charge on any atom is 0.417 e. The largest absolute Gasteiger partial charge is 0.417 e. The van der Waals surface area contributed by atoms with E-state index in [1.165, 1.54) is 10.8 Å². The van der Waals surface area contributed by atoms with Gasteiger partial charge < -0.3 is 10.2 Å². The Hall–Kier alpha value is -3.78. The number of aromatic nitrogens is 2. The van der Waals surface area contributed by atoms with Crippen molar-refractivity contribution in [1.29, 1.82) is 0 Å². The SMILES string of the molecule is CN(c1ccccc1)c1ccc(CNC(=O)c2cccn2-c2ncc(C(F)(F)F)cc2Cl)cc1. The van der Waals surface area contributed by atoms with E-state index in [4.69, 9.17) is 11.6 Å². The van der Waals surface area contributed by atoms with E-state index in [1.54, 1.807) is 12.1 Å². The number of halogens is 4. The second-order valence-corrected chi connectivity index (χ2v) is 7.94. The van der Waals surface area contributed by atoms with Crippen molar-refractivity contribution >= 4 is 28.9 Å². The highest BCUT2D eigenvalue weighted by atomic mass is 35.5. The quantitative estimate of drug-likeness (QED) is 0.352. The zero-order valence-corrected chi connectivity index (χ0v) is 18.8. The summed E-state index contributed by atoms with van der Waals surface area (Å²) >= 11 is 6.04. The molecule has 9 heteroatoms. The average Bonchev–Trinajstić information content (AvgIpc) is 3.32. The van der Waals surface area contributed by atoms with Gasteiger partial charge in [0.1, 0.15) is 5.69 Å². The zero-order chi connectivity index (χ0) is 24.3. The predicted molar refractivity (Wildman–Crippen MR) is 126 cm³/mol. The van der Waals surface area contributed by atoms with Gasteiger partial charge in [-0.2, -0.15) is 13.2 Å². The number of para-hydroxylation sites is 1. The molecule has 4 aromatic rings. The lowest BCUT2D eigenvalue weighted by Gasteiger charge is -2.19. The van der Waals surface area contributed by atoms with Gasteiger partial charge in [-0.15, -0.1) is 0 Å². The van der Waals surface area contributed by atoms with Crippen molar-refractivity contribution in [3.8, 4) is 5.82 Å². The van der Waals surface area contributed by atoms with Gasteiger partial charge in [0.2, 0.25) is 0 Å². The lowest BCUT2D eigenvalue weighted by molar-refractivity contribution is -0.137. The molecule has 0 radical (unpaired) electrons. The molecular formula is C25H20ClF3N4O. The fourth-order valence-electron chi connectivity index (χ4n) is 3.42. The standard InChI is InChI=1S/C25H20ClF3N4O/c1-32(19-6-3-2-4-7-19)20-11-9-17(10-12-20)15-31-24(34)22-8-5-13-33(22)23-21(26)14-18(16-30-23)25(27,28)29/h2-14,16H,15H2,1H3,(H,31,34). The van der Waals surface area contributed by atoms with E-state index >= 15 is 0 Å². The van der Waals surface area contributed by atoms with E-state index < -0.39 is 17.6 Å². The van der Waals surface area contributed by atoms with Crippen molar-refractivity contribution in [2.24, 2.45) is 0 Å². The minimum absolute atomic E-state index is 0.0399. The van der Waals surface area contributed by atoms with Crippen molar-refractivity contribution in [2.75, 3.05) is 11.9 Å². The molecule has 0 unspecified atom stereocenters. The van der Waals surface area contributed by atoms with Crippen molar-refractivity contribution in [3.63, 3.8) is 0 Å². The average molecular weight is 485 g/mol. The summed E-state index contributed by atoms with van der Waals surface area (Å²) in [7, 11) is 1.97. The molecule has 1 N–H and O–H groups in total. The van der Waals surface area contributed by atoms with Crippen molar-refractivity contribution < 1.29 is 18.0 Å². The van der Waals surface area contributed by atoms with Crippen LogP contribution in [0, 0.1) is 0 Å². The summed E-state index contributed by atoms with van der Waals surface area (Å²) in [6, 6.07) is 21.6. The summed E-state index contributed by atoms with van der Waals surface area (Å²) in [5.74, 6) is -0.369. The highest BCUT2D eigenvalue weighted by Crippen LogP contribution is 2.32. The highest BCUT2D eigenvalue weighted by molar-refractivity contribution is 6.32. The molecule has 0 aliphatic rings. The molecule has 0 atom stereocenters. The van der Waals surface area contributed by atoms with Crippen LogP contribution in [-0.4, -0.2) is 22.5 Å². The van der Waals surface area contributed by atoms with Crippen LogP contribution in [0.5, 0.6) is 0 Å². The van der Waals surface area contributed by atoms with Gasteiger partial charge in [0, 0.05) is 37.4 Å². The Morgan fingerprint density at radius 3 is 2.35 bits per heavy atom. The Balaban J connectivity index is 1.45. The number of benzene rings is 2. The molecular weight excluding hydrogens is 465 g/mol. The minimum atomic E-state index is -4.56. The van der Waals surface area contributed by atoms with E-state index in [2.05, 4.69) is 15.2 Å². The lowest BCUT2D eigenvalue weighted by atomic mass is 10.2. The van der Waals surface area contributed by atoms with Crippen LogP contribution in [0.1, 0.15) is 21.6 Å². The first-order valence-electron chi connectivity index (χ1n) is 10.3. The van der Waals surface area contributed by atoms with Crippen LogP contribution in [0.2, 0.25) is 5.02 Å². The number of carbonyl (C=O) groups excluding carboxylic acids is 1. The summed E-state index contributed by atoms with van der Waals surface area (Å²) in [6.07, 6.45) is -2.35. The second kappa shape index (κ2) is 9.61. The van der Waals surface area contributed by atoms with Gasteiger partial charge in [0.15, 0.2) is 5.82 Å². The summed E-state index contributed by atoms with van der Waals surface area (Å²) in [6.45, 7) is 0.271. The molecule has 0 bridgehead atoms. The lowest BCUT2D eigenvalue weighted by Crippen LogP contribution is -2.25. The second-order valence-electron chi connectivity index (χ2n) is 7.53. The summed E-state index contributed by atoms with van der Waals surface area (Å²) in [5, 5.41) is 2.61. The first-order valence-corrected chi connectivity index (χ1v) is 10.7. The summed E-state index contributed by atoms with van der Waals surface area (Å²) < 4.78 is 40.0. The fraction of sp³-hybridized carbons (Fsp3) is 0.120. The predicted octanol–water partition coefficient (Wildman–Crippen LogP) is 6.24.